The highest BCUT2D eigenvalue weighted by molar-refractivity contribution is 6.58. The van der Waals surface area contributed by atoms with Gasteiger partial charge in [-0.2, -0.15) is 0 Å². The minimum absolute atomic E-state index is 0.0816. The summed E-state index contributed by atoms with van der Waals surface area (Å²) in [6.07, 6.45) is 5.19. The number of rotatable bonds is 5. The van der Waals surface area contributed by atoms with Gasteiger partial charge >= 0.3 is 0 Å². The van der Waals surface area contributed by atoms with E-state index in [-0.39, 0.29) is 5.41 Å². The summed E-state index contributed by atoms with van der Waals surface area (Å²) in [5, 5.41) is 4.41. The van der Waals surface area contributed by atoms with Crippen LogP contribution in [-0.4, -0.2) is 39.9 Å². The van der Waals surface area contributed by atoms with Crippen LogP contribution in [0.4, 0.5) is 0 Å². The maximum Gasteiger partial charge on any atom is 0.285 e. The second-order valence-electron chi connectivity index (χ2n) is 7.93. The molecule has 2 atom stereocenters. The second kappa shape index (κ2) is 6.50. The zero-order valence-corrected chi connectivity index (χ0v) is 15.2. The van der Waals surface area contributed by atoms with Gasteiger partial charge in [-0.25, -0.2) is 0 Å². The van der Waals surface area contributed by atoms with Gasteiger partial charge in [0, 0.05) is 11.3 Å². The predicted molar refractivity (Wildman–Crippen MR) is 85.7 cm³/mol. The number of hydrogen-bond acceptors (Lipinski definition) is 3. The SMILES string of the molecule is C[CH2][Al]([CH2]C)[CH2]C1CCCC(C23OCC(C)(CO2)CO3)C1. The van der Waals surface area contributed by atoms with Crippen LogP contribution in [0, 0.1) is 17.3 Å². The summed E-state index contributed by atoms with van der Waals surface area (Å²) in [6.45, 7) is 9.37. The second-order valence-corrected chi connectivity index (χ2v) is 11.8. The summed E-state index contributed by atoms with van der Waals surface area (Å²) < 4.78 is 18.2. The molecule has 4 aliphatic rings. The van der Waals surface area contributed by atoms with Crippen molar-refractivity contribution < 1.29 is 14.2 Å². The van der Waals surface area contributed by atoms with Gasteiger partial charge in [0.25, 0.3) is 20.1 Å². The third-order valence-corrected chi connectivity index (χ3v) is 9.61. The molecule has 2 unspecified atom stereocenters. The van der Waals surface area contributed by atoms with Crippen molar-refractivity contribution >= 4 is 14.1 Å². The lowest BCUT2D eigenvalue weighted by atomic mass is 9.79. The Balaban J connectivity index is 1.61. The molecule has 21 heavy (non-hydrogen) atoms. The predicted octanol–water partition coefficient (Wildman–Crippen LogP) is 4.06. The van der Waals surface area contributed by atoms with Crippen LogP contribution in [0.2, 0.25) is 15.8 Å². The Morgan fingerprint density at radius 1 is 1.00 bits per heavy atom. The molecule has 0 N–H and O–H groups in total. The van der Waals surface area contributed by atoms with Crippen LogP contribution in [0.5, 0.6) is 0 Å². The third kappa shape index (κ3) is 3.36. The number of ether oxygens (including phenoxy) is 3. The van der Waals surface area contributed by atoms with E-state index in [9.17, 15) is 0 Å². The molecule has 0 aromatic heterocycles. The molecular weight excluding hydrogens is 279 g/mol. The summed E-state index contributed by atoms with van der Waals surface area (Å²) in [7, 11) is 0. The van der Waals surface area contributed by atoms with Crippen molar-refractivity contribution in [2.75, 3.05) is 19.8 Å². The van der Waals surface area contributed by atoms with Gasteiger partial charge in [0.2, 0.25) is 0 Å². The molecule has 0 aromatic rings. The van der Waals surface area contributed by atoms with Crippen LogP contribution < -0.4 is 0 Å². The average molecular weight is 310 g/mol. The molecule has 120 valence electrons. The summed E-state index contributed by atoms with van der Waals surface area (Å²) >= 11 is -0.490. The van der Waals surface area contributed by atoms with Gasteiger partial charge in [-0.05, 0) is 12.8 Å². The molecule has 0 spiro atoms. The highest BCUT2D eigenvalue weighted by atomic mass is 27.2. The fourth-order valence-electron chi connectivity index (χ4n) is 4.35. The quantitative estimate of drug-likeness (QED) is 0.717. The maximum atomic E-state index is 6.08. The van der Waals surface area contributed by atoms with E-state index < -0.39 is 20.1 Å². The minimum atomic E-state index is -0.689. The molecule has 4 heteroatoms. The monoisotopic (exact) mass is 310 g/mol. The lowest BCUT2D eigenvalue weighted by Crippen LogP contribution is -2.62. The number of fused-ring (bicyclic) bond motifs is 3. The van der Waals surface area contributed by atoms with Crippen LogP contribution in [0.15, 0.2) is 0 Å². The zero-order chi connectivity index (χ0) is 14.9. The molecule has 1 aliphatic carbocycles. The van der Waals surface area contributed by atoms with E-state index in [1.807, 2.05) is 0 Å². The minimum Gasteiger partial charge on any atom is -0.326 e. The number of hydrogen-bond donors (Lipinski definition) is 0. The molecule has 3 aliphatic heterocycles. The fraction of sp³-hybridized carbons (Fsp3) is 1.00. The first-order valence-electron chi connectivity index (χ1n) is 9.01. The fourth-order valence-corrected chi connectivity index (χ4v) is 6.96. The van der Waals surface area contributed by atoms with Crippen LogP contribution in [-0.2, 0) is 14.2 Å². The molecule has 0 radical (unpaired) electrons. The molecule has 2 bridgehead atoms. The van der Waals surface area contributed by atoms with Gasteiger partial charge in [-0.15, -0.1) is 0 Å². The first kappa shape index (κ1) is 16.3. The van der Waals surface area contributed by atoms with E-state index in [2.05, 4.69) is 20.8 Å². The Bertz CT molecular complexity index is 331. The Morgan fingerprint density at radius 3 is 2.19 bits per heavy atom. The molecule has 3 saturated heterocycles. The van der Waals surface area contributed by atoms with Gasteiger partial charge in [0.05, 0.1) is 19.8 Å². The third-order valence-electron chi connectivity index (χ3n) is 5.97. The van der Waals surface area contributed by atoms with Crippen LogP contribution in [0.3, 0.4) is 0 Å². The van der Waals surface area contributed by atoms with Crippen LogP contribution in [0.25, 0.3) is 0 Å². The van der Waals surface area contributed by atoms with Crippen molar-refractivity contribution in [1.29, 1.82) is 0 Å². The Hall–Kier alpha value is 0.412. The lowest BCUT2D eigenvalue weighted by Gasteiger charge is -2.54. The summed E-state index contributed by atoms with van der Waals surface area (Å²) in [4.78, 5) is 0. The summed E-state index contributed by atoms with van der Waals surface area (Å²) in [5.74, 6) is 0.650. The molecule has 0 amide bonds. The van der Waals surface area contributed by atoms with E-state index in [1.165, 1.54) is 41.5 Å². The topological polar surface area (TPSA) is 27.7 Å². The summed E-state index contributed by atoms with van der Waals surface area (Å²) in [6, 6.07) is 0. The molecule has 3 nitrogen and oxygen atoms in total. The van der Waals surface area contributed by atoms with Gasteiger partial charge < -0.3 is 14.2 Å². The van der Waals surface area contributed by atoms with Crippen molar-refractivity contribution in [2.24, 2.45) is 17.3 Å². The van der Waals surface area contributed by atoms with Gasteiger partial charge in [0.1, 0.15) is 0 Å². The van der Waals surface area contributed by atoms with E-state index in [0.29, 0.717) is 5.92 Å². The Labute approximate surface area is 134 Å². The summed E-state index contributed by atoms with van der Waals surface area (Å²) in [5.41, 5.74) is 0.0816. The van der Waals surface area contributed by atoms with Crippen molar-refractivity contribution in [1.82, 2.24) is 0 Å². The first-order valence-corrected chi connectivity index (χ1v) is 11.5. The zero-order valence-electron chi connectivity index (χ0n) is 14.0. The van der Waals surface area contributed by atoms with Crippen LogP contribution in [0.1, 0.15) is 46.5 Å². The normalized spacial score (nSPS) is 43.0. The smallest absolute Gasteiger partial charge is 0.285 e. The van der Waals surface area contributed by atoms with Crippen molar-refractivity contribution in [3.05, 3.63) is 0 Å². The van der Waals surface area contributed by atoms with Crippen molar-refractivity contribution in [2.45, 2.75) is 68.3 Å². The Morgan fingerprint density at radius 2 is 1.62 bits per heavy atom. The van der Waals surface area contributed by atoms with E-state index in [0.717, 1.165) is 25.7 Å². The van der Waals surface area contributed by atoms with Crippen molar-refractivity contribution in [3.63, 3.8) is 0 Å². The molecule has 3 heterocycles. The Kier molecular flexibility index (Phi) is 5.03. The van der Waals surface area contributed by atoms with E-state index in [4.69, 9.17) is 14.2 Å². The molecular formula is C17H31AlO3. The van der Waals surface area contributed by atoms with E-state index in [1.54, 1.807) is 0 Å². The standard InChI is InChI=1S/C13H21O3.2C2H5.Al/c1-10-4-3-5-11(6-10)13-14-7-12(2,8-15-13)9-16-13;2*1-2;/h10-11H,1,3-9H2,2H3;2*1H2,2H3;. The van der Waals surface area contributed by atoms with Gasteiger partial charge in [-0.3, -0.25) is 0 Å². The average Bonchev–Trinajstić information content (AvgIpc) is 2.54. The van der Waals surface area contributed by atoms with Crippen molar-refractivity contribution in [3.8, 4) is 0 Å². The largest absolute Gasteiger partial charge is 0.326 e. The highest BCUT2D eigenvalue weighted by Crippen LogP contribution is 2.48. The van der Waals surface area contributed by atoms with Gasteiger partial charge in [-0.1, -0.05) is 55.4 Å². The maximum absolute atomic E-state index is 6.08. The molecule has 0 aromatic carbocycles. The molecule has 4 rings (SSSR count). The highest BCUT2D eigenvalue weighted by Gasteiger charge is 2.55. The first-order chi connectivity index (χ1) is 10.1. The van der Waals surface area contributed by atoms with Crippen LogP contribution >= 0.6 is 0 Å². The lowest BCUT2D eigenvalue weighted by molar-refractivity contribution is -0.486. The van der Waals surface area contributed by atoms with E-state index >= 15 is 0 Å². The molecule has 4 fully saturated rings. The van der Waals surface area contributed by atoms with Gasteiger partial charge in [0.15, 0.2) is 0 Å². The molecule has 1 saturated carbocycles.